The Bertz CT molecular complexity index is 768. The fraction of sp³-hybridized carbons (Fsp3) is 0.526. The zero-order valence-corrected chi connectivity index (χ0v) is 15.9. The number of hydrogen-bond donors (Lipinski definition) is 2. The van der Waals surface area contributed by atoms with E-state index in [1.165, 1.54) is 6.26 Å². The molecular weight excluding hydrogens is 348 g/mol. The minimum absolute atomic E-state index is 0.0281. The maximum atomic E-state index is 12.2. The third kappa shape index (κ3) is 4.90. The van der Waals surface area contributed by atoms with Crippen LogP contribution in [-0.2, 0) is 12.0 Å². The van der Waals surface area contributed by atoms with Gasteiger partial charge >= 0.3 is 6.03 Å². The van der Waals surface area contributed by atoms with E-state index in [0.29, 0.717) is 37.6 Å². The number of piperidine rings is 1. The van der Waals surface area contributed by atoms with Gasteiger partial charge in [0, 0.05) is 24.5 Å². The monoisotopic (exact) mass is 374 g/mol. The Morgan fingerprint density at radius 3 is 2.63 bits per heavy atom. The zero-order chi connectivity index (χ0) is 19.4. The number of rotatable bonds is 4. The molecule has 2 N–H and O–H groups in total. The first-order valence-electron chi connectivity index (χ1n) is 9.15. The van der Waals surface area contributed by atoms with Gasteiger partial charge in [-0.05, 0) is 25.0 Å². The number of hydrogen-bond acceptors (Lipinski definition) is 5. The first-order valence-corrected chi connectivity index (χ1v) is 9.15. The van der Waals surface area contributed by atoms with Gasteiger partial charge in [0.15, 0.2) is 5.76 Å². The highest BCUT2D eigenvalue weighted by Crippen LogP contribution is 2.22. The number of amides is 3. The van der Waals surface area contributed by atoms with Crippen molar-refractivity contribution in [2.45, 2.75) is 51.6 Å². The summed E-state index contributed by atoms with van der Waals surface area (Å²) in [5.74, 6) is 1.50. The van der Waals surface area contributed by atoms with Gasteiger partial charge in [-0.1, -0.05) is 20.8 Å². The van der Waals surface area contributed by atoms with Crippen LogP contribution >= 0.6 is 0 Å². The molecule has 3 amide bonds. The van der Waals surface area contributed by atoms with Gasteiger partial charge in [0.05, 0.1) is 19.0 Å². The van der Waals surface area contributed by atoms with E-state index >= 15 is 0 Å². The number of oxazole rings is 1. The van der Waals surface area contributed by atoms with Crippen molar-refractivity contribution in [1.29, 1.82) is 0 Å². The average molecular weight is 374 g/mol. The molecule has 0 bridgehead atoms. The summed E-state index contributed by atoms with van der Waals surface area (Å²) >= 11 is 0. The third-order valence-electron chi connectivity index (χ3n) is 4.54. The topological polar surface area (TPSA) is 101 Å². The number of urea groups is 1. The Morgan fingerprint density at radius 1 is 1.30 bits per heavy atom. The number of carbonyl (C=O) groups excluding carboxylic acids is 2. The highest BCUT2D eigenvalue weighted by molar-refractivity contribution is 5.91. The van der Waals surface area contributed by atoms with E-state index in [2.05, 4.69) is 15.6 Å². The van der Waals surface area contributed by atoms with Crippen molar-refractivity contribution in [3.8, 4) is 0 Å². The van der Waals surface area contributed by atoms with Crippen molar-refractivity contribution in [3.05, 3.63) is 42.0 Å². The minimum Gasteiger partial charge on any atom is -0.459 e. The van der Waals surface area contributed by atoms with Crippen LogP contribution < -0.4 is 10.6 Å². The molecule has 8 nitrogen and oxygen atoms in total. The summed E-state index contributed by atoms with van der Waals surface area (Å²) in [6.07, 6.45) is 4.59. The van der Waals surface area contributed by atoms with Gasteiger partial charge in [-0.2, -0.15) is 0 Å². The van der Waals surface area contributed by atoms with Crippen molar-refractivity contribution >= 4 is 11.9 Å². The molecule has 1 saturated heterocycles. The van der Waals surface area contributed by atoms with Gasteiger partial charge < -0.3 is 24.4 Å². The molecule has 0 atom stereocenters. The molecule has 1 fully saturated rings. The van der Waals surface area contributed by atoms with Crippen LogP contribution in [0, 0.1) is 0 Å². The van der Waals surface area contributed by atoms with E-state index in [-0.39, 0.29) is 29.9 Å². The van der Waals surface area contributed by atoms with Crippen LogP contribution in [0.2, 0.25) is 0 Å². The molecule has 0 saturated carbocycles. The fourth-order valence-electron chi connectivity index (χ4n) is 2.91. The van der Waals surface area contributed by atoms with Gasteiger partial charge in [-0.3, -0.25) is 4.79 Å². The van der Waals surface area contributed by atoms with Crippen LogP contribution in [0.1, 0.15) is 55.8 Å². The second-order valence-corrected chi connectivity index (χ2v) is 7.74. The number of nitrogens with one attached hydrogen (secondary N) is 2. The molecule has 27 heavy (non-hydrogen) atoms. The number of furan rings is 1. The third-order valence-corrected chi connectivity index (χ3v) is 4.54. The SMILES string of the molecule is CC(C)(C)c1cnc(CNC(=O)NC2CCN(C(=O)c3ccco3)CC2)o1. The predicted octanol–water partition coefficient (Wildman–Crippen LogP) is 2.67. The normalized spacial score (nSPS) is 15.6. The van der Waals surface area contributed by atoms with Gasteiger partial charge in [0.1, 0.15) is 5.76 Å². The van der Waals surface area contributed by atoms with Gasteiger partial charge in [0.25, 0.3) is 5.91 Å². The second-order valence-electron chi connectivity index (χ2n) is 7.74. The molecule has 146 valence electrons. The molecule has 0 aromatic carbocycles. The molecule has 0 radical (unpaired) electrons. The van der Waals surface area contributed by atoms with E-state index in [1.54, 1.807) is 23.2 Å². The molecule has 0 unspecified atom stereocenters. The van der Waals surface area contributed by atoms with E-state index in [1.807, 2.05) is 20.8 Å². The molecule has 3 rings (SSSR count). The number of nitrogens with zero attached hydrogens (tertiary/aromatic N) is 2. The van der Waals surface area contributed by atoms with Gasteiger partial charge in [0.2, 0.25) is 5.89 Å². The summed E-state index contributed by atoms with van der Waals surface area (Å²) in [5, 5.41) is 5.71. The molecule has 1 aliphatic rings. The van der Waals surface area contributed by atoms with Gasteiger partial charge in [-0.15, -0.1) is 0 Å². The molecule has 1 aliphatic heterocycles. The smallest absolute Gasteiger partial charge is 0.315 e. The number of aromatic nitrogens is 1. The fourth-order valence-corrected chi connectivity index (χ4v) is 2.91. The summed E-state index contributed by atoms with van der Waals surface area (Å²) < 4.78 is 10.8. The molecule has 2 aromatic rings. The zero-order valence-electron chi connectivity index (χ0n) is 15.9. The first kappa shape index (κ1) is 19.0. The van der Waals surface area contributed by atoms with Gasteiger partial charge in [-0.25, -0.2) is 9.78 Å². The Balaban J connectivity index is 1.40. The lowest BCUT2D eigenvalue weighted by molar-refractivity contribution is 0.0676. The summed E-state index contributed by atoms with van der Waals surface area (Å²) in [5.41, 5.74) is -0.117. The predicted molar refractivity (Wildman–Crippen MR) is 98.2 cm³/mol. The molecule has 2 aromatic heterocycles. The lowest BCUT2D eigenvalue weighted by Crippen LogP contribution is -2.49. The maximum absolute atomic E-state index is 12.2. The van der Waals surface area contributed by atoms with E-state index < -0.39 is 0 Å². The molecular formula is C19H26N4O4. The van der Waals surface area contributed by atoms with Crippen LogP contribution in [0.4, 0.5) is 4.79 Å². The number of carbonyl (C=O) groups is 2. The molecule has 8 heteroatoms. The van der Waals surface area contributed by atoms with Crippen LogP contribution in [0.3, 0.4) is 0 Å². The lowest BCUT2D eigenvalue weighted by Gasteiger charge is -2.31. The largest absolute Gasteiger partial charge is 0.459 e. The molecule has 0 aliphatic carbocycles. The lowest BCUT2D eigenvalue weighted by atomic mass is 9.94. The highest BCUT2D eigenvalue weighted by atomic mass is 16.4. The summed E-state index contributed by atoms with van der Waals surface area (Å²) in [6.45, 7) is 7.53. The Hall–Kier alpha value is -2.77. The Labute approximate surface area is 158 Å². The van der Waals surface area contributed by atoms with Crippen molar-refractivity contribution < 1.29 is 18.4 Å². The number of likely N-dealkylation sites (tertiary alicyclic amines) is 1. The summed E-state index contributed by atoms with van der Waals surface area (Å²) in [4.78, 5) is 30.3. The van der Waals surface area contributed by atoms with Crippen LogP contribution in [0.5, 0.6) is 0 Å². The maximum Gasteiger partial charge on any atom is 0.315 e. The quantitative estimate of drug-likeness (QED) is 0.857. The van der Waals surface area contributed by atoms with E-state index in [0.717, 1.165) is 5.76 Å². The molecule has 0 spiro atoms. The summed E-state index contributed by atoms with van der Waals surface area (Å²) in [7, 11) is 0. The van der Waals surface area contributed by atoms with E-state index in [4.69, 9.17) is 8.83 Å². The standard InChI is InChI=1S/C19H26N4O4/c1-19(2,3)15-11-20-16(27-15)12-21-18(25)22-13-6-8-23(9-7-13)17(24)14-5-4-10-26-14/h4-5,10-11,13H,6-9,12H2,1-3H3,(H2,21,22,25). The van der Waals surface area contributed by atoms with Crippen molar-refractivity contribution in [2.75, 3.05) is 13.1 Å². The van der Waals surface area contributed by atoms with Crippen molar-refractivity contribution in [1.82, 2.24) is 20.5 Å². The van der Waals surface area contributed by atoms with Crippen LogP contribution in [0.15, 0.2) is 33.4 Å². The highest BCUT2D eigenvalue weighted by Gasteiger charge is 2.26. The minimum atomic E-state index is -0.263. The van der Waals surface area contributed by atoms with Crippen LogP contribution in [-0.4, -0.2) is 41.0 Å². The van der Waals surface area contributed by atoms with Crippen molar-refractivity contribution in [3.63, 3.8) is 0 Å². The average Bonchev–Trinajstić information content (AvgIpc) is 3.31. The van der Waals surface area contributed by atoms with Crippen LogP contribution in [0.25, 0.3) is 0 Å². The first-order chi connectivity index (χ1) is 12.8. The Morgan fingerprint density at radius 2 is 2.04 bits per heavy atom. The summed E-state index contributed by atoms with van der Waals surface area (Å²) in [6, 6.07) is 3.12. The van der Waals surface area contributed by atoms with Crippen molar-refractivity contribution in [2.24, 2.45) is 0 Å². The Kier molecular flexibility index (Phi) is 5.53. The molecule has 3 heterocycles. The second kappa shape index (κ2) is 7.85. The van der Waals surface area contributed by atoms with E-state index in [9.17, 15) is 9.59 Å².